The summed E-state index contributed by atoms with van der Waals surface area (Å²) in [5, 5.41) is 7.80. The smallest absolute Gasteiger partial charge is 0.191 e. The minimum absolute atomic E-state index is 0. The fourth-order valence-corrected chi connectivity index (χ4v) is 3.38. The standard InChI is InChI=1S/C21H26N4O2S.HI/c1-16-14-24-20(28-16)15-25-21(23-12-10-19-4-3-13-27-19)22-11-9-17-5-7-18(26-2)8-6-17;/h3-8,13-14H,9-12,15H2,1-2H3,(H2,22,23,25);1H. The maximum absolute atomic E-state index is 5.39. The molecule has 1 aromatic carbocycles. The predicted octanol–water partition coefficient (Wildman–Crippen LogP) is 4.19. The average molecular weight is 526 g/mol. The molecule has 2 N–H and O–H groups in total. The SMILES string of the molecule is COc1ccc(CCNC(=NCc2ncc(C)s2)NCCc2ccco2)cc1.I. The summed E-state index contributed by atoms with van der Waals surface area (Å²) in [4.78, 5) is 10.3. The van der Waals surface area contributed by atoms with E-state index >= 15 is 0 Å². The Morgan fingerprint density at radius 1 is 1.14 bits per heavy atom. The molecule has 2 aromatic heterocycles. The Bertz CT molecular complexity index is 863. The van der Waals surface area contributed by atoms with Gasteiger partial charge >= 0.3 is 0 Å². The summed E-state index contributed by atoms with van der Waals surface area (Å²) in [5.74, 6) is 2.62. The van der Waals surface area contributed by atoms with Crippen molar-refractivity contribution < 1.29 is 9.15 Å². The quantitative estimate of drug-likeness (QED) is 0.249. The highest BCUT2D eigenvalue weighted by Gasteiger charge is 2.03. The lowest BCUT2D eigenvalue weighted by Crippen LogP contribution is -2.39. The van der Waals surface area contributed by atoms with Crippen molar-refractivity contribution in [3.63, 3.8) is 0 Å². The molecule has 0 amide bonds. The molecule has 0 saturated heterocycles. The number of rotatable bonds is 9. The Labute approximate surface area is 192 Å². The molecular formula is C21H27IN4O2S. The first-order valence-corrected chi connectivity index (χ1v) is 10.1. The summed E-state index contributed by atoms with van der Waals surface area (Å²) in [5.41, 5.74) is 1.25. The van der Waals surface area contributed by atoms with E-state index in [0.717, 1.165) is 48.4 Å². The molecule has 156 valence electrons. The molecule has 0 spiro atoms. The highest BCUT2D eigenvalue weighted by Crippen LogP contribution is 2.12. The van der Waals surface area contributed by atoms with E-state index in [0.29, 0.717) is 6.54 Å². The number of aromatic nitrogens is 1. The van der Waals surface area contributed by atoms with E-state index in [-0.39, 0.29) is 24.0 Å². The first-order valence-electron chi connectivity index (χ1n) is 9.32. The Morgan fingerprint density at radius 3 is 2.52 bits per heavy atom. The number of aryl methyl sites for hydroxylation is 1. The Balaban J connectivity index is 0.00000300. The van der Waals surface area contributed by atoms with Crippen molar-refractivity contribution in [2.24, 2.45) is 4.99 Å². The van der Waals surface area contributed by atoms with Gasteiger partial charge in [-0.2, -0.15) is 0 Å². The van der Waals surface area contributed by atoms with Crippen LogP contribution in [0.4, 0.5) is 0 Å². The molecule has 29 heavy (non-hydrogen) atoms. The van der Waals surface area contributed by atoms with Crippen LogP contribution in [0.15, 0.2) is 58.3 Å². The van der Waals surface area contributed by atoms with Crippen LogP contribution in [0.3, 0.4) is 0 Å². The number of hydrogen-bond donors (Lipinski definition) is 2. The molecule has 0 aliphatic rings. The largest absolute Gasteiger partial charge is 0.497 e. The normalized spacial score (nSPS) is 11.0. The number of nitrogens with one attached hydrogen (secondary N) is 2. The van der Waals surface area contributed by atoms with Gasteiger partial charge in [0.15, 0.2) is 5.96 Å². The van der Waals surface area contributed by atoms with Crippen LogP contribution < -0.4 is 15.4 Å². The van der Waals surface area contributed by atoms with Crippen molar-refractivity contribution in [3.8, 4) is 5.75 Å². The van der Waals surface area contributed by atoms with Gasteiger partial charge in [0, 0.05) is 30.6 Å². The van der Waals surface area contributed by atoms with Gasteiger partial charge in [0.1, 0.15) is 16.5 Å². The highest BCUT2D eigenvalue weighted by atomic mass is 127. The lowest BCUT2D eigenvalue weighted by molar-refractivity contribution is 0.414. The van der Waals surface area contributed by atoms with E-state index in [1.165, 1.54) is 10.4 Å². The molecule has 3 rings (SSSR count). The summed E-state index contributed by atoms with van der Waals surface area (Å²) in [6, 6.07) is 12.0. The van der Waals surface area contributed by atoms with E-state index in [9.17, 15) is 0 Å². The van der Waals surface area contributed by atoms with E-state index < -0.39 is 0 Å². The van der Waals surface area contributed by atoms with Crippen LogP contribution in [0.1, 0.15) is 21.2 Å². The molecule has 2 heterocycles. The minimum atomic E-state index is 0. The monoisotopic (exact) mass is 526 g/mol. The van der Waals surface area contributed by atoms with Gasteiger partial charge < -0.3 is 19.8 Å². The number of furan rings is 1. The molecule has 0 radical (unpaired) electrons. The van der Waals surface area contributed by atoms with Gasteiger partial charge in [-0.05, 0) is 43.2 Å². The zero-order chi connectivity index (χ0) is 19.6. The van der Waals surface area contributed by atoms with Crippen molar-refractivity contribution in [1.29, 1.82) is 0 Å². The number of thiazole rings is 1. The summed E-state index contributed by atoms with van der Waals surface area (Å²) in [7, 11) is 1.68. The van der Waals surface area contributed by atoms with Gasteiger partial charge in [-0.15, -0.1) is 35.3 Å². The van der Waals surface area contributed by atoms with Crippen LogP contribution in [-0.4, -0.2) is 31.1 Å². The van der Waals surface area contributed by atoms with Gasteiger partial charge in [-0.25, -0.2) is 9.98 Å². The number of aliphatic imine (C=N–C) groups is 1. The van der Waals surface area contributed by atoms with Gasteiger partial charge in [-0.3, -0.25) is 0 Å². The van der Waals surface area contributed by atoms with E-state index in [1.807, 2.05) is 30.5 Å². The van der Waals surface area contributed by atoms with E-state index in [4.69, 9.17) is 9.15 Å². The maximum atomic E-state index is 5.39. The number of benzene rings is 1. The molecule has 0 atom stereocenters. The van der Waals surface area contributed by atoms with Crippen LogP contribution in [0.5, 0.6) is 5.75 Å². The molecule has 0 bridgehead atoms. The van der Waals surface area contributed by atoms with Crippen molar-refractivity contribution in [2.75, 3.05) is 20.2 Å². The molecule has 8 heteroatoms. The summed E-state index contributed by atoms with van der Waals surface area (Å²) >= 11 is 1.68. The van der Waals surface area contributed by atoms with Gasteiger partial charge in [0.05, 0.1) is 19.9 Å². The molecule has 0 saturated carbocycles. The number of hydrogen-bond acceptors (Lipinski definition) is 5. The second-order valence-electron chi connectivity index (χ2n) is 6.31. The first-order chi connectivity index (χ1) is 13.7. The summed E-state index contributed by atoms with van der Waals surface area (Å²) in [6.45, 7) is 4.16. The fraction of sp³-hybridized carbons (Fsp3) is 0.333. The maximum Gasteiger partial charge on any atom is 0.191 e. The van der Waals surface area contributed by atoms with Crippen LogP contribution in [0.2, 0.25) is 0 Å². The third kappa shape index (κ3) is 8.06. The second kappa shape index (κ2) is 12.5. The summed E-state index contributed by atoms with van der Waals surface area (Å²) in [6.07, 6.45) is 5.29. The zero-order valence-electron chi connectivity index (χ0n) is 16.7. The van der Waals surface area contributed by atoms with Gasteiger partial charge in [0.25, 0.3) is 0 Å². The topological polar surface area (TPSA) is 71.7 Å². The van der Waals surface area contributed by atoms with Gasteiger partial charge in [0.2, 0.25) is 0 Å². The fourth-order valence-electron chi connectivity index (χ4n) is 2.67. The third-order valence-electron chi connectivity index (χ3n) is 4.15. The molecule has 6 nitrogen and oxygen atoms in total. The molecule has 0 aliphatic carbocycles. The number of methoxy groups -OCH3 is 1. The number of halogens is 1. The molecule has 3 aromatic rings. The van der Waals surface area contributed by atoms with E-state index in [1.54, 1.807) is 24.7 Å². The minimum Gasteiger partial charge on any atom is -0.497 e. The van der Waals surface area contributed by atoms with Crippen LogP contribution in [0.25, 0.3) is 0 Å². The Morgan fingerprint density at radius 2 is 1.90 bits per heavy atom. The van der Waals surface area contributed by atoms with Crippen LogP contribution in [-0.2, 0) is 19.4 Å². The van der Waals surface area contributed by atoms with Crippen molar-refractivity contribution in [3.05, 3.63) is 70.1 Å². The lowest BCUT2D eigenvalue weighted by atomic mass is 10.1. The van der Waals surface area contributed by atoms with Crippen molar-refractivity contribution in [1.82, 2.24) is 15.6 Å². The molecule has 0 fully saturated rings. The Hall–Kier alpha value is -2.07. The van der Waals surface area contributed by atoms with Crippen molar-refractivity contribution >= 4 is 41.3 Å². The highest BCUT2D eigenvalue weighted by molar-refractivity contribution is 14.0. The number of nitrogens with zero attached hydrogens (tertiary/aromatic N) is 2. The first kappa shape index (κ1) is 23.2. The average Bonchev–Trinajstić information content (AvgIpc) is 3.38. The summed E-state index contributed by atoms with van der Waals surface area (Å²) < 4.78 is 10.6. The van der Waals surface area contributed by atoms with Crippen molar-refractivity contribution in [2.45, 2.75) is 26.3 Å². The Kier molecular flexibility index (Phi) is 9.99. The molecular weight excluding hydrogens is 499 g/mol. The second-order valence-corrected chi connectivity index (χ2v) is 7.63. The zero-order valence-corrected chi connectivity index (χ0v) is 19.8. The number of ether oxygens (including phenoxy) is 1. The third-order valence-corrected chi connectivity index (χ3v) is 5.05. The van der Waals surface area contributed by atoms with Crippen LogP contribution in [0, 0.1) is 6.92 Å². The predicted molar refractivity (Wildman–Crippen MR) is 129 cm³/mol. The van der Waals surface area contributed by atoms with Crippen LogP contribution >= 0.6 is 35.3 Å². The van der Waals surface area contributed by atoms with E-state index in [2.05, 4.69) is 39.7 Å². The lowest BCUT2D eigenvalue weighted by Gasteiger charge is -2.12. The molecule has 0 unspecified atom stereocenters. The number of guanidine groups is 1. The van der Waals surface area contributed by atoms with Gasteiger partial charge in [-0.1, -0.05) is 12.1 Å². The molecule has 0 aliphatic heterocycles.